The molecule has 4 heterocycles. The average Bonchev–Trinajstić information content (AvgIpc) is 3.04. The summed E-state index contributed by atoms with van der Waals surface area (Å²) in [6.45, 7) is 9.50. The van der Waals surface area contributed by atoms with Gasteiger partial charge in [-0.3, -0.25) is 19.3 Å². The molecule has 1 amide bonds. The molecule has 0 bridgehead atoms. The molecular weight excluding hydrogens is 647 g/mol. The van der Waals surface area contributed by atoms with Gasteiger partial charge in [0.1, 0.15) is 12.1 Å². The Morgan fingerprint density at radius 3 is 2.42 bits per heavy atom. The highest BCUT2D eigenvalue weighted by molar-refractivity contribution is 7.92. The normalized spacial score (nSPS) is 19.0. The molecule has 0 aliphatic carbocycles. The Morgan fingerprint density at radius 2 is 1.71 bits per heavy atom. The van der Waals surface area contributed by atoms with Crippen LogP contribution in [-0.4, -0.2) is 112 Å². The van der Waals surface area contributed by atoms with Crippen molar-refractivity contribution >= 4 is 38.3 Å². The summed E-state index contributed by atoms with van der Waals surface area (Å²) >= 11 is 0. The Kier molecular flexibility index (Phi) is 10.1. The number of morpholine rings is 1. The van der Waals surface area contributed by atoms with Crippen molar-refractivity contribution in [2.45, 2.75) is 38.9 Å². The van der Waals surface area contributed by atoms with Gasteiger partial charge in [0.2, 0.25) is 10.0 Å². The summed E-state index contributed by atoms with van der Waals surface area (Å²) in [5.41, 5.74) is 2.40. The molecule has 260 valence electrons. The molecule has 15 heteroatoms. The van der Waals surface area contributed by atoms with E-state index < -0.39 is 22.6 Å². The van der Waals surface area contributed by atoms with Crippen molar-refractivity contribution in [3.63, 3.8) is 0 Å². The summed E-state index contributed by atoms with van der Waals surface area (Å²) in [7, 11) is -3.58. The topological polar surface area (TPSA) is 120 Å². The van der Waals surface area contributed by atoms with Crippen molar-refractivity contribution in [1.29, 1.82) is 0 Å². The van der Waals surface area contributed by atoms with Crippen molar-refractivity contribution in [2.24, 2.45) is 5.41 Å². The summed E-state index contributed by atoms with van der Waals surface area (Å²) in [6.07, 6.45) is -1.91. The largest absolute Gasteiger partial charge is 0.393 e. The van der Waals surface area contributed by atoms with Crippen molar-refractivity contribution < 1.29 is 31.1 Å². The molecule has 0 atom stereocenters. The molecule has 3 saturated heterocycles. The zero-order valence-corrected chi connectivity index (χ0v) is 27.9. The van der Waals surface area contributed by atoms with Crippen LogP contribution >= 0.6 is 0 Å². The van der Waals surface area contributed by atoms with Crippen LogP contribution in [0, 0.1) is 5.41 Å². The third-order valence-electron chi connectivity index (χ3n) is 9.55. The lowest BCUT2D eigenvalue weighted by atomic mass is 9.72. The number of hydrogen-bond donors (Lipinski definition) is 2. The third kappa shape index (κ3) is 8.36. The molecule has 1 spiro atoms. The van der Waals surface area contributed by atoms with E-state index in [4.69, 9.17) is 4.74 Å². The van der Waals surface area contributed by atoms with E-state index in [0.717, 1.165) is 57.7 Å². The predicted octanol–water partition coefficient (Wildman–Crippen LogP) is 3.66. The standard InChI is InChI=1S/C33H42F3N7O4S/c1-2-48(45,46)40-29-6-4-25(18-27(29)31(44)37-9-12-41-13-15-47-16-14-41)20-42-10-7-32(8-11-42)21-43(22-32)30-26-17-24(19-33(34,35)36)3-5-28(26)38-23-39-30/h3-6,17-18,23,40H,2,7-16,19-22H2,1H3,(H,37,44). The lowest BCUT2D eigenvalue weighted by molar-refractivity contribution is -0.127. The number of carbonyl (C=O) groups is 1. The zero-order valence-electron chi connectivity index (χ0n) is 27.1. The third-order valence-corrected chi connectivity index (χ3v) is 10.8. The Hall–Kier alpha value is -3.53. The fourth-order valence-electron chi connectivity index (χ4n) is 6.81. The minimum atomic E-state index is -4.29. The zero-order chi connectivity index (χ0) is 33.9. The van der Waals surface area contributed by atoms with E-state index in [9.17, 15) is 26.4 Å². The van der Waals surface area contributed by atoms with Crippen LogP contribution < -0.4 is 14.9 Å². The number of rotatable bonds is 11. The molecule has 2 N–H and O–H groups in total. The summed E-state index contributed by atoms with van der Waals surface area (Å²) < 4.78 is 71.8. The van der Waals surface area contributed by atoms with Gasteiger partial charge < -0.3 is 15.0 Å². The van der Waals surface area contributed by atoms with E-state index in [1.54, 1.807) is 31.2 Å². The van der Waals surface area contributed by atoms with Crippen molar-refractivity contribution in [1.82, 2.24) is 25.1 Å². The molecule has 3 aromatic rings. The van der Waals surface area contributed by atoms with Crippen LogP contribution in [0.25, 0.3) is 10.9 Å². The number of nitrogens with zero attached hydrogens (tertiary/aromatic N) is 5. The lowest BCUT2D eigenvalue weighted by Crippen LogP contribution is -2.60. The molecule has 0 unspecified atom stereocenters. The fourth-order valence-corrected chi connectivity index (χ4v) is 7.47. The maximum absolute atomic E-state index is 13.3. The van der Waals surface area contributed by atoms with E-state index in [1.807, 2.05) is 6.07 Å². The minimum absolute atomic E-state index is 0.102. The van der Waals surface area contributed by atoms with Crippen LogP contribution in [0.5, 0.6) is 0 Å². The van der Waals surface area contributed by atoms with Gasteiger partial charge in [0, 0.05) is 56.6 Å². The van der Waals surface area contributed by atoms with Crippen LogP contribution in [0.4, 0.5) is 24.7 Å². The number of nitrogens with one attached hydrogen (secondary N) is 2. The van der Waals surface area contributed by atoms with E-state index in [-0.39, 0.29) is 28.3 Å². The van der Waals surface area contributed by atoms with Crippen LogP contribution in [0.2, 0.25) is 0 Å². The second kappa shape index (κ2) is 14.1. The Bertz CT molecular complexity index is 1720. The number of anilines is 2. The number of benzene rings is 2. The van der Waals surface area contributed by atoms with Gasteiger partial charge in [0.15, 0.2) is 0 Å². The van der Waals surface area contributed by atoms with Crippen molar-refractivity contribution in [3.8, 4) is 0 Å². The number of amides is 1. The molecule has 3 aliphatic rings. The van der Waals surface area contributed by atoms with Crippen LogP contribution in [0.15, 0.2) is 42.7 Å². The number of sulfonamides is 1. The molecule has 0 radical (unpaired) electrons. The second-order valence-electron chi connectivity index (χ2n) is 13.1. The van der Waals surface area contributed by atoms with E-state index >= 15 is 0 Å². The molecule has 3 fully saturated rings. The number of alkyl halides is 3. The van der Waals surface area contributed by atoms with E-state index in [2.05, 4.69) is 34.7 Å². The first-order chi connectivity index (χ1) is 22.9. The van der Waals surface area contributed by atoms with Gasteiger partial charge in [-0.05, 0) is 68.2 Å². The monoisotopic (exact) mass is 689 g/mol. The number of carbonyl (C=O) groups excluding carboxylic acids is 1. The van der Waals surface area contributed by atoms with Gasteiger partial charge in [-0.15, -0.1) is 0 Å². The summed E-state index contributed by atoms with van der Waals surface area (Å²) in [5.74, 6) is 0.243. The van der Waals surface area contributed by atoms with Gasteiger partial charge >= 0.3 is 6.18 Å². The number of halogens is 3. The first kappa shape index (κ1) is 34.3. The Labute approximate surface area is 278 Å². The number of aromatic nitrogens is 2. The molecule has 1 aromatic heterocycles. The van der Waals surface area contributed by atoms with Gasteiger partial charge in [0.05, 0.1) is 42.2 Å². The highest BCUT2D eigenvalue weighted by Crippen LogP contribution is 2.44. The summed E-state index contributed by atoms with van der Waals surface area (Å²) in [4.78, 5) is 28.7. The first-order valence-corrected chi connectivity index (χ1v) is 18.1. The molecule has 48 heavy (non-hydrogen) atoms. The molecule has 3 aliphatic heterocycles. The number of hydrogen-bond acceptors (Lipinski definition) is 9. The van der Waals surface area contributed by atoms with Gasteiger partial charge in [0.25, 0.3) is 5.91 Å². The van der Waals surface area contributed by atoms with E-state index in [0.29, 0.717) is 55.1 Å². The van der Waals surface area contributed by atoms with Gasteiger partial charge in [-0.1, -0.05) is 12.1 Å². The van der Waals surface area contributed by atoms with Gasteiger partial charge in [-0.2, -0.15) is 13.2 Å². The summed E-state index contributed by atoms with van der Waals surface area (Å²) in [6, 6.07) is 9.96. The first-order valence-electron chi connectivity index (χ1n) is 16.4. The van der Waals surface area contributed by atoms with Crippen molar-refractivity contribution in [2.75, 3.05) is 80.9 Å². The minimum Gasteiger partial charge on any atom is -0.379 e. The summed E-state index contributed by atoms with van der Waals surface area (Å²) in [5, 5.41) is 3.59. The maximum Gasteiger partial charge on any atom is 0.393 e. The van der Waals surface area contributed by atoms with Crippen molar-refractivity contribution in [3.05, 3.63) is 59.4 Å². The molecule has 6 rings (SSSR count). The van der Waals surface area contributed by atoms with Gasteiger partial charge in [-0.25, -0.2) is 18.4 Å². The highest BCUT2D eigenvalue weighted by Gasteiger charge is 2.45. The predicted molar refractivity (Wildman–Crippen MR) is 178 cm³/mol. The quantitative estimate of drug-likeness (QED) is 0.311. The van der Waals surface area contributed by atoms with Crippen LogP contribution in [-0.2, 0) is 27.7 Å². The van der Waals surface area contributed by atoms with Crippen LogP contribution in [0.1, 0.15) is 41.3 Å². The Balaban J connectivity index is 1.07. The molecular formula is C33H42F3N7O4S. The number of ether oxygens (including phenoxy) is 1. The molecule has 2 aromatic carbocycles. The van der Waals surface area contributed by atoms with E-state index in [1.165, 1.54) is 12.4 Å². The SMILES string of the molecule is CCS(=O)(=O)Nc1ccc(CN2CCC3(CC2)CN(c2ncnc4ccc(CC(F)(F)F)cc24)C3)cc1C(=O)NCCN1CCOCC1. The second-order valence-corrected chi connectivity index (χ2v) is 15.1. The lowest BCUT2D eigenvalue weighted by Gasteiger charge is -2.54. The molecule has 0 saturated carbocycles. The maximum atomic E-state index is 13.3. The number of fused-ring (bicyclic) bond motifs is 1. The fraction of sp³-hybridized carbons (Fsp3) is 0.545. The number of piperidine rings is 1. The highest BCUT2D eigenvalue weighted by atomic mass is 32.2. The van der Waals surface area contributed by atoms with Crippen LogP contribution in [0.3, 0.4) is 0 Å². The smallest absolute Gasteiger partial charge is 0.379 e. The average molecular weight is 690 g/mol. The Morgan fingerprint density at radius 1 is 0.979 bits per heavy atom. The number of likely N-dealkylation sites (tertiary alicyclic amines) is 1. The molecule has 11 nitrogen and oxygen atoms in total.